The highest BCUT2D eigenvalue weighted by Crippen LogP contribution is 2.22. The van der Waals surface area contributed by atoms with E-state index >= 15 is 0 Å². The zero-order chi connectivity index (χ0) is 17.9. The monoisotopic (exact) mass is 352 g/mol. The molecule has 6 heteroatoms. The van der Waals surface area contributed by atoms with Crippen LogP contribution in [0.25, 0.3) is 11.8 Å². The van der Waals surface area contributed by atoms with Crippen LogP contribution in [-0.2, 0) is 9.84 Å². The molecule has 1 aromatic heterocycles. The van der Waals surface area contributed by atoms with Crippen LogP contribution in [-0.4, -0.2) is 13.0 Å². The van der Waals surface area contributed by atoms with Crippen LogP contribution < -0.4 is 0 Å². The van der Waals surface area contributed by atoms with Crippen molar-refractivity contribution in [1.82, 2.24) is 4.57 Å². The second-order valence-corrected chi connectivity index (χ2v) is 7.16. The van der Waals surface area contributed by atoms with Crippen LogP contribution in [0.5, 0.6) is 0 Å². The molecule has 0 saturated heterocycles. The van der Waals surface area contributed by atoms with Crippen molar-refractivity contribution in [2.75, 3.05) is 0 Å². The van der Waals surface area contributed by atoms with E-state index in [1.807, 2.05) is 0 Å². The van der Waals surface area contributed by atoms with Gasteiger partial charge in [0, 0.05) is 12.4 Å². The number of allylic oxidation sites excluding steroid dienone is 1. The highest BCUT2D eigenvalue weighted by molar-refractivity contribution is 7.95. The molecule has 0 N–H and O–H groups in total. The molecule has 0 radical (unpaired) electrons. The lowest BCUT2D eigenvalue weighted by molar-refractivity contribution is 0.603. The maximum Gasteiger partial charge on any atom is 0.216 e. The van der Waals surface area contributed by atoms with Crippen LogP contribution in [0.4, 0.5) is 4.39 Å². The van der Waals surface area contributed by atoms with E-state index in [-0.39, 0.29) is 9.80 Å². The minimum absolute atomic E-state index is 0.0522. The summed E-state index contributed by atoms with van der Waals surface area (Å²) in [7, 11) is -3.90. The van der Waals surface area contributed by atoms with Gasteiger partial charge in [-0.2, -0.15) is 5.26 Å². The van der Waals surface area contributed by atoms with E-state index in [2.05, 4.69) is 0 Å². The van der Waals surface area contributed by atoms with Gasteiger partial charge in [0.2, 0.25) is 9.84 Å². The second kappa shape index (κ2) is 6.75. The molecule has 124 valence electrons. The lowest BCUT2D eigenvalue weighted by Crippen LogP contribution is -2.03. The molecule has 3 aromatic rings. The van der Waals surface area contributed by atoms with Gasteiger partial charge in [0.25, 0.3) is 0 Å². The quantitative estimate of drug-likeness (QED) is 0.668. The first-order valence-electron chi connectivity index (χ1n) is 7.37. The van der Waals surface area contributed by atoms with Crippen LogP contribution in [0.15, 0.2) is 82.9 Å². The zero-order valence-electron chi connectivity index (χ0n) is 13.0. The predicted octanol–water partition coefficient (Wildman–Crippen LogP) is 3.95. The van der Waals surface area contributed by atoms with Gasteiger partial charge in [-0.3, -0.25) is 0 Å². The second-order valence-electron chi connectivity index (χ2n) is 5.24. The van der Waals surface area contributed by atoms with Crippen molar-refractivity contribution >= 4 is 15.9 Å². The number of sulfone groups is 1. The van der Waals surface area contributed by atoms with Crippen molar-refractivity contribution in [3.05, 3.63) is 89.3 Å². The first-order chi connectivity index (χ1) is 12.0. The molecule has 0 atom stereocenters. The van der Waals surface area contributed by atoms with Crippen LogP contribution >= 0.6 is 0 Å². The molecule has 0 aliphatic rings. The van der Waals surface area contributed by atoms with Gasteiger partial charge >= 0.3 is 0 Å². The van der Waals surface area contributed by atoms with Gasteiger partial charge in [-0.25, -0.2) is 12.8 Å². The Morgan fingerprint density at radius 1 is 1.04 bits per heavy atom. The average molecular weight is 352 g/mol. The van der Waals surface area contributed by atoms with Gasteiger partial charge in [0.1, 0.15) is 16.8 Å². The van der Waals surface area contributed by atoms with Crippen molar-refractivity contribution in [3.63, 3.8) is 0 Å². The van der Waals surface area contributed by atoms with Gasteiger partial charge in [0.15, 0.2) is 0 Å². The Hall–Kier alpha value is -3.17. The normalized spacial score (nSPS) is 11.9. The number of benzene rings is 2. The average Bonchev–Trinajstić information content (AvgIpc) is 3.09. The molecule has 0 aliphatic heterocycles. The number of halogens is 1. The van der Waals surface area contributed by atoms with Gasteiger partial charge < -0.3 is 4.57 Å². The summed E-state index contributed by atoms with van der Waals surface area (Å²) < 4.78 is 40.5. The summed E-state index contributed by atoms with van der Waals surface area (Å²) in [6, 6.07) is 17.3. The molecule has 25 heavy (non-hydrogen) atoms. The Labute approximate surface area is 145 Å². The molecule has 0 fully saturated rings. The van der Waals surface area contributed by atoms with Crippen LogP contribution in [0.2, 0.25) is 0 Å². The summed E-state index contributed by atoms with van der Waals surface area (Å²) in [5.41, 5.74) is 0.825. The summed E-state index contributed by atoms with van der Waals surface area (Å²) in [6.07, 6.45) is 4.45. The summed E-state index contributed by atoms with van der Waals surface area (Å²) in [4.78, 5) is -0.318. The summed E-state index contributed by atoms with van der Waals surface area (Å²) >= 11 is 0. The molecule has 3 rings (SSSR count). The smallest absolute Gasteiger partial charge is 0.216 e. The Bertz CT molecular complexity index is 1080. The molecule has 0 spiro atoms. The maximum atomic E-state index is 13.8. The Kier molecular flexibility index (Phi) is 4.50. The molecule has 0 unspecified atom stereocenters. The Morgan fingerprint density at radius 2 is 1.72 bits per heavy atom. The zero-order valence-corrected chi connectivity index (χ0v) is 13.8. The van der Waals surface area contributed by atoms with Crippen LogP contribution in [0.1, 0.15) is 5.56 Å². The molecule has 0 saturated carbocycles. The fourth-order valence-corrected chi connectivity index (χ4v) is 3.54. The van der Waals surface area contributed by atoms with Crippen LogP contribution in [0, 0.1) is 17.1 Å². The SMILES string of the molecule is N#C/C(=C\c1ccn(-c2ccccc2F)c1)S(=O)(=O)c1ccccc1. The van der Waals surface area contributed by atoms with Crippen LogP contribution in [0.3, 0.4) is 0 Å². The first-order valence-corrected chi connectivity index (χ1v) is 8.85. The van der Waals surface area contributed by atoms with Gasteiger partial charge in [-0.05, 0) is 42.0 Å². The molecule has 0 bridgehead atoms. The van der Waals surface area contributed by atoms with Crippen molar-refractivity contribution in [2.45, 2.75) is 4.90 Å². The fourth-order valence-electron chi connectivity index (χ4n) is 2.36. The number of nitrogens with zero attached hydrogens (tertiary/aromatic N) is 2. The molecule has 0 aliphatic carbocycles. The molecule has 1 heterocycles. The standard InChI is InChI=1S/C19H13FN2O2S/c20-18-8-4-5-9-19(18)22-11-10-15(14-22)12-17(13-21)25(23,24)16-6-2-1-3-7-16/h1-12,14H/b17-12+. The van der Waals surface area contributed by atoms with E-state index in [4.69, 9.17) is 0 Å². The number of aromatic nitrogens is 1. The third-order valence-electron chi connectivity index (χ3n) is 3.60. The Balaban J connectivity index is 2.00. The summed E-state index contributed by atoms with van der Waals surface area (Å²) in [5.74, 6) is -0.397. The molecular weight excluding hydrogens is 339 g/mol. The number of rotatable bonds is 4. The van der Waals surface area contributed by atoms with Gasteiger partial charge in [-0.15, -0.1) is 0 Å². The highest BCUT2D eigenvalue weighted by Gasteiger charge is 2.20. The molecule has 0 amide bonds. The van der Waals surface area contributed by atoms with E-state index in [1.165, 1.54) is 28.8 Å². The van der Waals surface area contributed by atoms with Crippen molar-refractivity contribution < 1.29 is 12.8 Å². The number of hydrogen-bond donors (Lipinski definition) is 0. The summed E-state index contributed by atoms with van der Waals surface area (Å²) in [5, 5.41) is 9.29. The summed E-state index contributed by atoms with van der Waals surface area (Å²) in [6.45, 7) is 0. The number of hydrogen-bond acceptors (Lipinski definition) is 3. The van der Waals surface area contributed by atoms with E-state index in [1.54, 1.807) is 60.9 Å². The lowest BCUT2D eigenvalue weighted by atomic mass is 10.3. The molecule has 4 nitrogen and oxygen atoms in total. The third kappa shape index (κ3) is 3.37. The minimum Gasteiger partial charge on any atom is -0.321 e. The Morgan fingerprint density at radius 3 is 2.40 bits per heavy atom. The predicted molar refractivity (Wildman–Crippen MR) is 92.9 cm³/mol. The van der Waals surface area contributed by atoms with Gasteiger partial charge in [-0.1, -0.05) is 30.3 Å². The number of para-hydroxylation sites is 1. The van der Waals surface area contributed by atoms with E-state index in [9.17, 15) is 18.1 Å². The molecule has 2 aromatic carbocycles. The minimum atomic E-state index is -3.90. The van der Waals surface area contributed by atoms with Crippen molar-refractivity contribution in [2.24, 2.45) is 0 Å². The van der Waals surface area contributed by atoms with Crippen molar-refractivity contribution in [3.8, 4) is 11.8 Å². The van der Waals surface area contributed by atoms with Gasteiger partial charge in [0.05, 0.1) is 10.6 Å². The first kappa shape index (κ1) is 16.7. The number of nitriles is 1. The maximum absolute atomic E-state index is 13.8. The van der Waals surface area contributed by atoms with E-state index in [0.29, 0.717) is 11.3 Å². The largest absolute Gasteiger partial charge is 0.321 e. The fraction of sp³-hybridized carbons (Fsp3) is 0. The van der Waals surface area contributed by atoms with E-state index < -0.39 is 15.7 Å². The topological polar surface area (TPSA) is 62.9 Å². The van der Waals surface area contributed by atoms with Crippen molar-refractivity contribution in [1.29, 1.82) is 5.26 Å². The molecular formula is C19H13FN2O2S. The third-order valence-corrected chi connectivity index (χ3v) is 5.28. The lowest BCUT2D eigenvalue weighted by Gasteiger charge is -2.03. The highest BCUT2D eigenvalue weighted by atomic mass is 32.2. The van der Waals surface area contributed by atoms with E-state index in [0.717, 1.165) is 0 Å².